The van der Waals surface area contributed by atoms with Crippen molar-refractivity contribution in [1.82, 2.24) is 0 Å². The SMILES string of the molecule is Clc1cccc2oc3cccc(-c4ccc5c(c4)oc4ccccc45)c3c12. The van der Waals surface area contributed by atoms with Gasteiger partial charge < -0.3 is 8.83 Å². The van der Waals surface area contributed by atoms with E-state index in [4.69, 9.17) is 20.4 Å². The van der Waals surface area contributed by atoms with Gasteiger partial charge in [-0.3, -0.25) is 0 Å². The van der Waals surface area contributed by atoms with Gasteiger partial charge >= 0.3 is 0 Å². The maximum atomic E-state index is 6.51. The first-order chi connectivity index (χ1) is 13.3. The van der Waals surface area contributed by atoms with E-state index in [1.54, 1.807) is 0 Å². The summed E-state index contributed by atoms with van der Waals surface area (Å²) in [5.74, 6) is 0. The van der Waals surface area contributed by atoms with Gasteiger partial charge in [0.25, 0.3) is 0 Å². The van der Waals surface area contributed by atoms with Crippen LogP contribution in [0.5, 0.6) is 0 Å². The van der Waals surface area contributed by atoms with Crippen LogP contribution in [0, 0.1) is 0 Å². The van der Waals surface area contributed by atoms with Crippen LogP contribution in [0.25, 0.3) is 55.0 Å². The van der Waals surface area contributed by atoms with Crippen LogP contribution in [0.1, 0.15) is 0 Å². The van der Waals surface area contributed by atoms with Crippen molar-refractivity contribution in [2.75, 3.05) is 0 Å². The molecule has 0 unspecified atom stereocenters. The van der Waals surface area contributed by atoms with Crippen LogP contribution in [0.15, 0.2) is 87.7 Å². The monoisotopic (exact) mass is 368 g/mol. The van der Waals surface area contributed by atoms with Crippen LogP contribution in [-0.2, 0) is 0 Å². The van der Waals surface area contributed by atoms with Gasteiger partial charge in [-0.05, 0) is 47.5 Å². The lowest BCUT2D eigenvalue weighted by Gasteiger charge is -2.04. The topological polar surface area (TPSA) is 26.3 Å². The van der Waals surface area contributed by atoms with Gasteiger partial charge in [-0.2, -0.15) is 0 Å². The second-order valence-corrected chi connectivity index (χ2v) is 7.11. The Morgan fingerprint density at radius 2 is 1.26 bits per heavy atom. The van der Waals surface area contributed by atoms with Crippen LogP contribution in [-0.4, -0.2) is 0 Å². The molecule has 0 amide bonds. The molecule has 4 aromatic carbocycles. The van der Waals surface area contributed by atoms with Crippen LogP contribution in [0.4, 0.5) is 0 Å². The number of hydrogen-bond donors (Lipinski definition) is 0. The summed E-state index contributed by atoms with van der Waals surface area (Å²) in [5, 5.41) is 4.94. The molecule has 6 aromatic rings. The molecule has 0 radical (unpaired) electrons. The van der Waals surface area contributed by atoms with E-state index in [2.05, 4.69) is 30.3 Å². The second-order valence-electron chi connectivity index (χ2n) is 6.70. The van der Waals surface area contributed by atoms with Crippen molar-refractivity contribution in [3.05, 3.63) is 83.9 Å². The fourth-order valence-electron chi connectivity index (χ4n) is 3.96. The van der Waals surface area contributed by atoms with Gasteiger partial charge in [0.05, 0.1) is 5.02 Å². The lowest BCUT2D eigenvalue weighted by molar-refractivity contribution is 0.668. The average Bonchev–Trinajstić information content (AvgIpc) is 3.26. The number of benzene rings is 4. The minimum Gasteiger partial charge on any atom is -0.456 e. The molecular weight excluding hydrogens is 356 g/mol. The van der Waals surface area contributed by atoms with E-state index in [1.807, 2.05) is 48.5 Å². The van der Waals surface area contributed by atoms with Gasteiger partial charge in [-0.25, -0.2) is 0 Å². The van der Waals surface area contributed by atoms with Gasteiger partial charge in [0, 0.05) is 21.5 Å². The molecule has 2 nitrogen and oxygen atoms in total. The van der Waals surface area contributed by atoms with Crippen molar-refractivity contribution < 1.29 is 8.83 Å². The Morgan fingerprint density at radius 1 is 0.556 bits per heavy atom. The van der Waals surface area contributed by atoms with E-state index < -0.39 is 0 Å². The molecule has 0 aliphatic rings. The summed E-state index contributed by atoms with van der Waals surface area (Å²) in [7, 11) is 0. The number of hydrogen-bond acceptors (Lipinski definition) is 2. The summed E-state index contributed by atoms with van der Waals surface area (Å²) in [6.07, 6.45) is 0. The standard InChI is InChI=1S/C24H13ClO2/c25-18-7-4-10-21-24(18)23-15(6-3-9-20(23)27-21)14-11-12-17-16-5-1-2-8-19(16)26-22(17)13-14/h1-13H. The Kier molecular flexibility index (Phi) is 2.97. The second kappa shape index (κ2) is 5.38. The van der Waals surface area contributed by atoms with E-state index in [-0.39, 0.29) is 0 Å². The first kappa shape index (κ1) is 14.9. The minimum atomic E-state index is 0.698. The fourth-order valence-corrected chi connectivity index (χ4v) is 4.22. The largest absolute Gasteiger partial charge is 0.456 e. The zero-order valence-corrected chi connectivity index (χ0v) is 15.0. The summed E-state index contributed by atoms with van der Waals surface area (Å²) >= 11 is 6.51. The third kappa shape index (κ3) is 2.08. The molecule has 2 aromatic heterocycles. The van der Waals surface area contributed by atoms with Crippen LogP contribution in [0.3, 0.4) is 0 Å². The summed E-state index contributed by atoms with van der Waals surface area (Å²) in [4.78, 5) is 0. The highest BCUT2D eigenvalue weighted by atomic mass is 35.5. The zero-order valence-electron chi connectivity index (χ0n) is 14.2. The molecule has 0 aliphatic heterocycles. The van der Waals surface area contributed by atoms with E-state index in [9.17, 15) is 0 Å². The molecule has 0 spiro atoms. The van der Waals surface area contributed by atoms with Gasteiger partial charge in [-0.15, -0.1) is 0 Å². The Balaban J connectivity index is 1.70. The Hall–Kier alpha value is -3.23. The normalized spacial score (nSPS) is 11.9. The molecule has 3 heteroatoms. The maximum Gasteiger partial charge on any atom is 0.136 e. The average molecular weight is 369 g/mol. The maximum absolute atomic E-state index is 6.51. The van der Waals surface area contributed by atoms with E-state index in [0.717, 1.165) is 55.0 Å². The Bertz CT molecular complexity index is 1490. The summed E-state index contributed by atoms with van der Waals surface area (Å²) in [5.41, 5.74) is 5.58. The highest BCUT2D eigenvalue weighted by Crippen LogP contribution is 2.41. The predicted octanol–water partition coefficient (Wildman–Crippen LogP) is 7.81. The Labute approximate surface area is 159 Å². The molecule has 0 atom stereocenters. The number of furan rings is 2. The molecule has 27 heavy (non-hydrogen) atoms. The van der Waals surface area contributed by atoms with E-state index in [0.29, 0.717) is 5.02 Å². The third-order valence-electron chi connectivity index (χ3n) is 5.16. The highest BCUT2D eigenvalue weighted by molar-refractivity contribution is 6.38. The first-order valence-corrected chi connectivity index (χ1v) is 9.19. The Morgan fingerprint density at radius 3 is 2.19 bits per heavy atom. The van der Waals surface area contributed by atoms with E-state index >= 15 is 0 Å². The molecule has 0 saturated heterocycles. The van der Waals surface area contributed by atoms with Crippen LogP contribution in [0.2, 0.25) is 5.02 Å². The van der Waals surface area contributed by atoms with Crippen molar-refractivity contribution in [1.29, 1.82) is 0 Å². The highest BCUT2D eigenvalue weighted by Gasteiger charge is 2.15. The zero-order chi connectivity index (χ0) is 18.0. The van der Waals surface area contributed by atoms with Crippen molar-refractivity contribution in [3.8, 4) is 11.1 Å². The van der Waals surface area contributed by atoms with Crippen LogP contribution < -0.4 is 0 Å². The molecule has 0 bridgehead atoms. The lowest BCUT2D eigenvalue weighted by Crippen LogP contribution is -1.80. The molecule has 128 valence electrons. The van der Waals surface area contributed by atoms with Gasteiger partial charge in [0.15, 0.2) is 0 Å². The first-order valence-electron chi connectivity index (χ1n) is 8.81. The van der Waals surface area contributed by atoms with Crippen molar-refractivity contribution in [2.24, 2.45) is 0 Å². The lowest BCUT2D eigenvalue weighted by atomic mass is 9.98. The molecule has 0 aliphatic carbocycles. The minimum absolute atomic E-state index is 0.698. The van der Waals surface area contributed by atoms with Gasteiger partial charge in [0.2, 0.25) is 0 Å². The molecular formula is C24H13ClO2. The van der Waals surface area contributed by atoms with Crippen molar-refractivity contribution in [2.45, 2.75) is 0 Å². The number of fused-ring (bicyclic) bond motifs is 6. The summed E-state index contributed by atoms with van der Waals surface area (Å²) in [6.45, 7) is 0. The molecule has 2 heterocycles. The van der Waals surface area contributed by atoms with Gasteiger partial charge in [0.1, 0.15) is 22.3 Å². The number of rotatable bonds is 1. The molecule has 0 saturated carbocycles. The predicted molar refractivity (Wildman–Crippen MR) is 111 cm³/mol. The quantitative estimate of drug-likeness (QED) is 0.296. The third-order valence-corrected chi connectivity index (χ3v) is 5.48. The van der Waals surface area contributed by atoms with E-state index in [1.165, 1.54) is 0 Å². The number of para-hydroxylation sites is 1. The molecule has 0 fully saturated rings. The van der Waals surface area contributed by atoms with Crippen molar-refractivity contribution >= 4 is 55.5 Å². The smallest absolute Gasteiger partial charge is 0.136 e. The van der Waals surface area contributed by atoms with Crippen molar-refractivity contribution in [3.63, 3.8) is 0 Å². The fraction of sp³-hybridized carbons (Fsp3) is 0. The number of halogens is 1. The molecule has 6 rings (SSSR count). The summed E-state index contributed by atoms with van der Waals surface area (Å²) < 4.78 is 12.1. The molecule has 0 N–H and O–H groups in total. The van der Waals surface area contributed by atoms with Gasteiger partial charge in [-0.1, -0.05) is 54.1 Å². The summed E-state index contributed by atoms with van der Waals surface area (Å²) in [6, 6.07) is 26.3. The van der Waals surface area contributed by atoms with Crippen LogP contribution >= 0.6 is 11.6 Å².